The lowest BCUT2D eigenvalue weighted by Gasteiger charge is -2.19. The Kier molecular flexibility index (Phi) is 8.71. The first kappa shape index (κ1) is 27.5. The molecule has 196 valence electrons. The summed E-state index contributed by atoms with van der Waals surface area (Å²) >= 11 is 0. The molecular formula is C24H28FN7O4S. The van der Waals surface area contributed by atoms with E-state index in [1.54, 1.807) is 36.7 Å². The topological polar surface area (TPSA) is 133 Å². The summed E-state index contributed by atoms with van der Waals surface area (Å²) in [5, 5.41) is 7.39. The molecular weight excluding hydrogens is 501 g/mol. The molecule has 0 saturated heterocycles. The molecule has 0 aliphatic heterocycles. The minimum Gasteiger partial charge on any atom is -0.494 e. The molecule has 2 heterocycles. The molecule has 1 N–H and O–H groups in total. The van der Waals surface area contributed by atoms with Crippen molar-refractivity contribution >= 4 is 28.5 Å². The molecule has 1 atom stereocenters. The predicted octanol–water partition coefficient (Wildman–Crippen LogP) is 4.11. The summed E-state index contributed by atoms with van der Waals surface area (Å²) in [6.45, 7) is 7.94. The Morgan fingerprint density at radius 1 is 1.24 bits per heavy atom. The fourth-order valence-corrected chi connectivity index (χ4v) is 4.36. The van der Waals surface area contributed by atoms with Crippen molar-refractivity contribution < 1.29 is 22.3 Å². The fraction of sp³-hybridized carbons (Fsp3) is 0.292. The number of aromatic nitrogens is 4. The van der Waals surface area contributed by atoms with E-state index in [0.717, 1.165) is 11.8 Å². The highest BCUT2D eigenvalue weighted by atomic mass is 32.2. The summed E-state index contributed by atoms with van der Waals surface area (Å²) in [4.78, 5) is 11.7. The van der Waals surface area contributed by atoms with E-state index in [4.69, 9.17) is 9.47 Å². The van der Waals surface area contributed by atoms with E-state index in [1.165, 1.54) is 32.6 Å². The minimum absolute atomic E-state index is 0.0643. The summed E-state index contributed by atoms with van der Waals surface area (Å²) in [7, 11) is -1.09. The number of allylic oxidation sites excluding steroid dienone is 1. The molecule has 11 nitrogen and oxygen atoms in total. The molecule has 13 heteroatoms. The minimum atomic E-state index is -4.06. The highest BCUT2D eigenvalue weighted by Gasteiger charge is 2.29. The van der Waals surface area contributed by atoms with Gasteiger partial charge in [0.15, 0.2) is 5.82 Å². The first-order valence-corrected chi connectivity index (χ1v) is 12.6. The number of benzene rings is 1. The Morgan fingerprint density at radius 3 is 2.49 bits per heavy atom. The largest absolute Gasteiger partial charge is 0.494 e. The Hall–Kier alpha value is -4.13. The average molecular weight is 530 g/mol. The van der Waals surface area contributed by atoms with Crippen LogP contribution in [0.1, 0.15) is 25.8 Å². The van der Waals surface area contributed by atoms with Gasteiger partial charge in [0.1, 0.15) is 28.8 Å². The third-order valence-corrected chi connectivity index (χ3v) is 7.07. The van der Waals surface area contributed by atoms with Crippen LogP contribution < -0.4 is 14.2 Å². The zero-order chi connectivity index (χ0) is 27.2. The maximum Gasteiger partial charge on any atom is 0.243 e. The van der Waals surface area contributed by atoms with Crippen molar-refractivity contribution in [2.75, 3.05) is 18.9 Å². The molecule has 0 bridgehead atoms. The quantitative estimate of drug-likeness (QED) is 0.309. The average Bonchev–Trinajstić information content (AvgIpc) is 3.27. The van der Waals surface area contributed by atoms with Crippen molar-refractivity contribution in [2.45, 2.75) is 32.4 Å². The summed E-state index contributed by atoms with van der Waals surface area (Å²) in [6.07, 6.45) is 4.07. The summed E-state index contributed by atoms with van der Waals surface area (Å²) in [5.41, 5.74) is 1.86. The van der Waals surface area contributed by atoms with Crippen LogP contribution in [-0.2, 0) is 10.0 Å². The van der Waals surface area contributed by atoms with Crippen molar-refractivity contribution in [2.24, 2.45) is 9.98 Å². The van der Waals surface area contributed by atoms with Gasteiger partial charge in [0, 0.05) is 24.4 Å². The normalized spacial score (nSPS) is 13.2. The van der Waals surface area contributed by atoms with Gasteiger partial charge in [-0.3, -0.25) is 14.3 Å². The summed E-state index contributed by atoms with van der Waals surface area (Å²) < 4.78 is 54.9. The van der Waals surface area contributed by atoms with Crippen LogP contribution in [0.3, 0.4) is 0 Å². The number of methoxy groups -OCH3 is 2. The van der Waals surface area contributed by atoms with Crippen molar-refractivity contribution in [3.05, 3.63) is 54.2 Å². The highest BCUT2D eigenvalue weighted by molar-refractivity contribution is 7.93. The fourth-order valence-electron chi connectivity index (χ4n) is 3.40. The molecule has 3 rings (SSSR count). The van der Waals surface area contributed by atoms with E-state index in [2.05, 4.69) is 36.6 Å². The molecule has 0 spiro atoms. The predicted molar refractivity (Wildman–Crippen MR) is 141 cm³/mol. The maximum atomic E-state index is 13.3. The Balaban J connectivity index is 2.15. The zero-order valence-corrected chi connectivity index (χ0v) is 22.0. The van der Waals surface area contributed by atoms with Gasteiger partial charge in [-0.25, -0.2) is 22.8 Å². The van der Waals surface area contributed by atoms with Crippen LogP contribution in [0.25, 0.3) is 17.1 Å². The first-order valence-electron chi connectivity index (χ1n) is 11.1. The number of nitrogens with one attached hydrogen (secondary N) is 1. The van der Waals surface area contributed by atoms with Gasteiger partial charge in [-0.2, -0.15) is 0 Å². The molecule has 0 radical (unpaired) electrons. The number of rotatable bonds is 10. The van der Waals surface area contributed by atoms with E-state index < -0.39 is 21.1 Å². The van der Waals surface area contributed by atoms with Gasteiger partial charge in [0.25, 0.3) is 0 Å². The van der Waals surface area contributed by atoms with Crippen molar-refractivity contribution in [1.29, 1.82) is 0 Å². The van der Waals surface area contributed by atoms with Crippen molar-refractivity contribution in [3.63, 3.8) is 0 Å². The second-order valence-corrected chi connectivity index (χ2v) is 10.1. The lowest BCUT2D eigenvalue weighted by molar-refractivity contribution is 0.391. The van der Waals surface area contributed by atoms with Gasteiger partial charge in [-0.05, 0) is 51.3 Å². The number of amidine groups is 1. The number of anilines is 1. The van der Waals surface area contributed by atoms with Crippen LogP contribution in [-0.4, -0.2) is 60.2 Å². The number of hydrogen-bond donors (Lipinski definition) is 1. The molecule has 0 aliphatic rings. The van der Waals surface area contributed by atoms with Crippen LogP contribution in [0.5, 0.6) is 11.5 Å². The molecule has 0 saturated carbocycles. The van der Waals surface area contributed by atoms with E-state index >= 15 is 0 Å². The molecule has 3 aromatic rings. The van der Waals surface area contributed by atoms with Crippen LogP contribution in [0, 0.1) is 6.92 Å². The summed E-state index contributed by atoms with van der Waals surface area (Å²) in [5.74, 6) is 0.527. The Labute approximate surface area is 214 Å². The number of nitrogens with zero attached hydrogens (tertiary/aromatic N) is 6. The third kappa shape index (κ3) is 6.17. The van der Waals surface area contributed by atoms with Gasteiger partial charge in [-0.1, -0.05) is 6.07 Å². The molecule has 1 aromatic carbocycles. The van der Waals surface area contributed by atoms with Gasteiger partial charge >= 0.3 is 0 Å². The van der Waals surface area contributed by atoms with Crippen LogP contribution in [0.2, 0.25) is 0 Å². The number of aryl methyl sites for hydroxylation is 1. The third-order valence-electron chi connectivity index (χ3n) is 5.38. The second kappa shape index (κ2) is 11.7. The van der Waals surface area contributed by atoms with Gasteiger partial charge in [0.2, 0.25) is 16.0 Å². The number of para-hydroxylation sites is 1. The van der Waals surface area contributed by atoms with E-state index in [1.807, 2.05) is 6.92 Å². The number of halogens is 1. The summed E-state index contributed by atoms with van der Waals surface area (Å²) in [6, 6.07) is 6.95. The second-order valence-electron chi connectivity index (χ2n) is 7.97. The van der Waals surface area contributed by atoms with E-state index in [-0.39, 0.29) is 18.2 Å². The smallest absolute Gasteiger partial charge is 0.243 e. The van der Waals surface area contributed by atoms with Gasteiger partial charge in [-0.15, -0.1) is 10.2 Å². The first-order chi connectivity index (χ1) is 17.6. The molecule has 0 amide bonds. The Morgan fingerprint density at radius 2 is 1.92 bits per heavy atom. The SMILES string of the molecule is C=N/C(C[C@H](C)S(=O)(=O)Nc1nnc(-c2cnccc2C)n1-c1c(OC)cccc1OC)=N\C=C(/C)F. The molecule has 0 fully saturated rings. The van der Waals surface area contributed by atoms with Crippen LogP contribution >= 0.6 is 0 Å². The zero-order valence-electron chi connectivity index (χ0n) is 21.1. The lowest BCUT2D eigenvalue weighted by Crippen LogP contribution is -2.28. The number of pyridine rings is 1. The monoisotopic (exact) mass is 529 g/mol. The number of aliphatic imine (C=N–C) groups is 2. The van der Waals surface area contributed by atoms with E-state index in [9.17, 15) is 12.8 Å². The van der Waals surface area contributed by atoms with Crippen LogP contribution in [0.4, 0.5) is 10.3 Å². The molecule has 2 aromatic heterocycles. The highest BCUT2D eigenvalue weighted by Crippen LogP contribution is 2.38. The van der Waals surface area contributed by atoms with Crippen LogP contribution in [0.15, 0.2) is 58.7 Å². The molecule has 37 heavy (non-hydrogen) atoms. The lowest BCUT2D eigenvalue weighted by atomic mass is 10.1. The Bertz CT molecular complexity index is 1420. The van der Waals surface area contributed by atoms with Crippen molar-refractivity contribution in [1.82, 2.24) is 19.7 Å². The number of ether oxygens (including phenoxy) is 2. The van der Waals surface area contributed by atoms with Gasteiger partial charge in [0.05, 0.1) is 25.7 Å². The molecule has 0 unspecified atom stereocenters. The maximum absolute atomic E-state index is 13.3. The molecule has 0 aliphatic carbocycles. The van der Waals surface area contributed by atoms with Crippen molar-refractivity contribution in [3.8, 4) is 28.6 Å². The van der Waals surface area contributed by atoms with E-state index in [0.29, 0.717) is 28.6 Å². The number of hydrogen-bond acceptors (Lipinski definition) is 8. The number of sulfonamides is 1. The standard InChI is InChI=1S/C24H28FN7O4S/c1-15-10-11-27-14-18(15)23-29-30-24(32(23)22-19(35-5)8-7-9-20(22)36-6)31-37(33,34)17(3)12-21(26-4)28-13-16(2)25/h7-11,13-14,17H,4,12H2,1-3,5-6H3,(H,30,31)/b16-13+,28-21-/t17-/m0/s1. The van der Waals surface area contributed by atoms with Gasteiger partial charge < -0.3 is 9.47 Å².